The smallest absolute Gasteiger partial charge is 0.207 e. The molecule has 22 heavy (non-hydrogen) atoms. The Morgan fingerprint density at radius 3 is 3.05 bits per heavy atom. The third kappa shape index (κ3) is 2.29. The number of H-pyrrole nitrogens is 1. The number of fused-ring (bicyclic) bond motifs is 2. The van der Waals surface area contributed by atoms with Crippen LogP contribution in [0.2, 0.25) is 0 Å². The summed E-state index contributed by atoms with van der Waals surface area (Å²) in [6, 6.07) is 6.89. The van der Waals surface area contributed by atoms with Crippen molar-refractivity contribution in [1.82, 2.24) is 9.88 Å². The maximum absolute atomic E-state index is 10.9. The van der Waals surface area contributed by atoms with Gasteiger partial charge < -0.3 is 9.88 Å². The zero-order valence-corrected chi connectivity index (χ0v) is 13.3. The number of likely N-dealkylation sites (N-methyl/N-ethyl adjacent to an activating group) is 1. The molecule has 1 aliphatic carbocycles. The van der Waals surface area contributed by atoms with Gasteiger partial charge in [0.1, 0.15) is 0 Å². The van der Waals surface area contributed by atoms with Crippen LogP contribution in [-0.4, -0.2) is 41.0 Å². The second-order valence-electron chi connectivity index (χ2n) is 6.52. The molecule has 0 spiro atoms. The van der Waals surface area contributed by atoms with E-state index in [0.29, 0.717) is 12.0 Å². The third-order valence-corrected chi connectivity index (χ3v) is 5.22. The van der Waals surface area contributed by atoms with Gasteiger partial charge in [-0.3, -0.25) is 10.1 Å². The minimum atomic E-state index is -0.163. The maximum Gasteiger partial charge on any atom is 0.207 e. The van der Waals surface area contributed by atoms with Crippen LogP contribution < -0.4 is 0 Å². The molecule has 0 bridgehead atoms. The molecule has 2 aromatic rings. The molecule has 5 nitrogen and oxygen atoms in total. The summed E-state index contributed by atoms with van der Waals surface area (Å²) in [5.41, 5.74) is 3.96. The second kappa shape index (κ2) is 5.56. The van der Waals surface area contributed by atoms with E-state index in [4.69, 9.17) is 0 Å². The van der Waals surface area contributed by atoms with Crippen LogP contribution in [0.3, 0.4) is 0 Å². The first-order valence-electron chi connectivity index (χ1n) is 7.54. The summed E-state index contributed by atoms with van der Waals surface area (Å²) < 4.78 is 0. The summed E-state index contributed by atoms with van der Waals surface area (Å²) in [6.07, 6.45) is 4.10. The van der Waals surface area contributed by atoms with Crippen LogP contribution in [0.4, 0.5) is 0 Å². The molecule has 4 rings (SSSR count). The lowest BCUT2D eigenvalue weighted by molar-refractivity contribution is -0.489. The highest BCUT2D eigenvalue weighted by molar-refractivity contribution is 5.88. The first-order valence-corrected chi connectivity index (χ1v) is 7.54. The largest absolute Gasteiger partial charge is 0.361 e. The number of aromatic amines is 1. The van der Waals surface area contributed by atoms with Crippen molar-refractivity contribution in [2.24, 2.45) is 5.92 Å². The zero-order chi connectivity index (χ0) is 14.6. The number of nitrogens with zero attached hydrogens (tertiary/aromatic N) is 2. The van der Waals surface area contributed by atoms with Crippen molar-refractivity contribution in [3.8, 4) is 0 Å². The van der Waals surface area contributed by atoms with Crippen molar-refractivity contribution in [2.45, 2.75) is 24.8 Å². The highest BCUT2D eigenvalue weighted by Gasteiger charge is 2.40. The molecular weight excluding hydrogens is 302 g/mol. The average molecular weight is 322 g/mol. The molecular formula is C16H20ClN3O2. The standard InChI is InChI=1S/C16H19N3O2.ClH/c1-18-8-10(9-19(20)21)5-13-12-3-2-4-14-16(12)11(7-17-14)6-15(13)18;/h2-4,7,10,13,15,17H,5-6,8-9H2,1H3;1H/t10?,13-,15-;/m1./s1. The van der Waals surface area contributed by atoms with Crippen molar-refractivity contribution in [3.63, 3.8) is 0 Å². The summed E-state index contributed by atoms with van der Waals surface area (Å²) in [5, 5.41) is 12.2. The Hall–Kier alpha value is -1.59. The number of aromatic nitrogens is 1. The Bertz CT molecular complexity index is 714. The van der Waals surface area contributed by atoms with Gasteiger partial charge >= 0.3 is 0 Å². The fourth-order valence-corrected chi connectivity index (χ4v) is 4.40. The first kappa shape index (κ1) is 15.3. The lowest BCUT2D eigenvalue weighted by atomic mass is 9.72. The van der Waals surface area contributed by atoms with Gasteiger partial charge in [-0.1, -0.05) is 12.1 Å². The fourth-order valence-electron chi connectivity index (χ4n) is 4.40. The lowest BCUT2D eigenvalue weighted by Crippen LogP contribution is -2.49. The van der Waals surface area contributed by atoms with Gasteiger partial charge in [-0.05, 0) is 37.1 Å². The normalized spacial score (nSPS) is 27.2. The van der Waals surface area contributed by atoms with E-state index in [1.807, 2.05) is 0 Å². The predicted octanol–water partition coefficient (Wildman–Crippen LogP) is 2.83. The molecule has 0 amide bonds. The predicted molar refractivity (Wildman–Crippen MR) is 88.4 cm³/mol. The summed E-state index contributed by atoms with van der Waals surface area (Å²) >= 11 is 0. The van der Waals surface area contributed by atoms with Gasteiger partial charge in [-0.15, -0.1) is 12.4 Å². The number of rotatable bonds is 2. The topological polar surface area (TPSA) is 62.2 Å². The van der Waals surface area contributed by atoms with Crippen LogP contribution in [0.25, 0.3) is 10.9 Å². The van der Waals surface area contributed by atoms with Crippen LogP contribution in [0.1, 0.15) is 23.5 Å². The lowest BCUT2D eigenvalue weighted by Gasteiger charge is -2.44. The minimum absolute atomic E-state index is 0. The van der Waals surface area contributed by atoms with Crippen molar-refractivity contribution in [2.75, 3.05) is 20.1 Å². The van der Waals surface area contributed by atoms with E-state index in [0.717, 1.165) is 19.4 Å². The van der Waals surface area contributed by atoms with Gasteiger partial charge in [-0.2, -0.15) is 0 Å². The number of benzene rings is 1. The molecule has 1 saturated heterocycles. The Morgan fingerprint density at radius 2 is 2.27 bits per heavy atom. The fraction of sp³-hybridized carbons (Fsp3) is 0.500. The van der Waals surface area contributed by atoms with E-state index >= 15 is 0 Å². The second-order valence-corrected chi connectivity index (χ2v) is 6.52. The maximum atomic E-state index is 10.9. The van der Waals surface area contributed by atoms with Gasteiger partial charge in [0.25, 0.3) is 0 Å². The molecule has 1 unspecified atom stereocenters. The molecule has 1 aromatic carbocycles. The Morgan fingerprint density at radius 1 is 1.45 bits per heavy atom. The van der Waals surface area contributed by atoms with E-state index in [-0.39, 0.29) is 29.8 Å². The van der Waals surface area contributed by atoms with Crippen molar-refractivity contribution < 1.29 is 4.92 Å². The van der Waals surface area contributed by atoms with Crippen LogP contribution in [0, 0.1) is 16.0 Å². The van der Waals surface area contributed by atoms with Crippen molar-refractivity contribution >= 4 is 23.3 Å². The van der Waals surface area contributed by atoms with Crippen LogP contribution in [0.5, 0.6) is 0 Å². The zero-order valence-electron chi connectivity index (χ0n) is 12.5. The molecule has 2 aliphatic rings. The number of piperidine rings is 1. The van der Waals surface area contributed by atoms with Gasteiger partial charge in [0.05, 0.1) is 0 Å². The molecule has 118 valence electrons. The minimum Gasteiger partial charge on any atom is -0.361 e. The molecule has 0 saturated carbocycles. The number of halogens is 1. The molecule has 2 heterocycles. The van der Waals surface area contributed by atoms with E-state index in [1.54, 1.807) is 0 Å². The number of nitro groups is 1. The molecule has 1 aromatic heterocycles. The van der Waals surface area contributed by atoms with E-state index < -0.39 is 0 Å². The van der Waals surface area contributed by atoms with Crippen molar-refractivity contribution in [3.05, 3.63) is 45.6 Å². The highest BCUT2D eigenvalue weighted by Crippen LogP contribution is 2.44. The van der Waals surface area contributed by atoms with Crippen LogP contribution >= 0.6 is 12.4 Å². The van der Waals surface area contributed by atoms with E-state index in [1.165, 1.54) is 22.0 Å². The number of hydrogen-bond donors (Lipinski definition) is 1. The Balaban J connectivity index is 0.00000144. The Labute approximate surface area is 135 Å². The highest BCUT2D eigenvalue weighted by atomic mass is 35.5. The van der Waals surface area contributed by atoms with E-state index in [9.17, 15) is 10.1 Å². The number of hydrogen-bond acceptors (Lipinski definition) is 3. The molecule has 0 radical (unpaired) electrons. The molecule has 1 fully saturated rings. The average Bonchev–Trinajstić information content (AvgIpc) is 2.84. The van der Waals surface area contributed by atoms with Gasteiger partial charge in [0.15, 0.2) is 0 Å². The number of nitrogens with one attached hydrogen (secondary N) is 1. The number of likely N-dealkylation sites (tertiary alicyclic amines) is 1. The van der Waals surface area contributed by atoms with Gasteiger partial charge in [-0.25, -0.2) is 0 Å². The molecule has 6 heteroatoms. The Kier molecular flexibility index (Phi) is 3.87. The molecule has 1 aliphatic heterocycles. The monoisotopic (exact) mass is 321 g/mol. The molecule has 3 atom stereocenters. The SMILES string of the molecule is CN1CC(C[N+](=O)[O-])C[C@@H]2c3cccc4[nH]cc(c34)C[C@H]21.Cl. The summed E-state index contributed by atoms with van der Waals surface area (Å²) in [4.78, 5) is 16.4. The summed E-state index contributed by atoms with van der Waals surface area (Å²) in [6.45, 7) is 0.918. The van der Waals surface area contributed by atoms with Crippen LogP contribution in [-0.2, 0) is 6.42 Å². The van der Waals surface area contributed by atoms with Crippen molar-refractivity contribution in [1.29, 1.82) is 0 Å². The quantitative estimate of drug-likeness (QED) is 0.683. The van der Waals surface area contributed by atoms with Crippen LogP contribution in [0.15, 0.2) is 24.4 Å². The third-order valence-electron chi connectivity index (χ3n) is 5.22. The van der Waals surface area contributed by atoms with Gasteiger partial charge in [0, 0.05) is 46.4 Å². The van der Waals surface area contributed by atoms with E-state index in [2.05, 4.69) is 41.3 Å². The summed E-state index contributed by atoms with van der Waals surface area (Å²) in [7, 11) is 2.11. The summed E-state index contributed by atoms with van der Waals surface area (Å²) in [5.74, 6) is 0.572. The van der Waals surface area contributed by atoms with Gasteiger partial charge in [0.2, 0.25) is 6.54 Å². The first-order chi connectivity index (χ1) is 10.1. The molecule has 1 N–H and O–H groups in total.